The lowest BCUT2D eigenvalue weighted by Gasteiger charge is -2.30. The Morgan fingerprint density at radius 3 is 2.64 bits per heavy atom. The van der Waals surface area contributed by atoms with Crippen molar-refractivity contribution < 1.29 is 9.13 Å². The maximum absolute atomic E-state index is 13.7. The minimum Gasteiger partial charge on any atom is -0.378 e. The van der Waals surface area contributed by atoms with Crippen LogP contribution in [0.3, 0.4) is 0 Å². The van der Waals surface area contributed by atoms with Gasteiger partial charge in [-0.2, -0.15) is 0 Å². The van der Waals surface area contributed by atoms with E-state index < -0.39 is 0 Å². The quantitative estimate of drug-likeness (QED) is 0.409. The predicted molar refractivity (Wildman–Crippen MR) is 143 cm³/mol. The first-order valence-corrected chi connectivity index (χ1v) is 12.9. The molecule has 1 aliphatic heterocycles. The van der Waals surface area contributed by atoms with Gasteiger partial charge in [0.1, 0.15) is 11.6 Å². The van der Waals surface area contributed by atoms with Crippen LogP contribution in [0.15, 0.2) is 48.8 Å². The Bertz CT molecular complexity index is 1180. The third kappa shape index (κ3) is 6.06. The van der Waals surface area contributed by atoms with Gasteiger partial charge in [0.2, 0.25) is 0 Å². The summed E-state index contributed by atoms with van der Waals surface area (Å²) in [4.78, 5) is 11.5. The van der Waals surface area contributed by atoms with Crippen LogP contribution in [-0.2, 0) is 11.3 Å². The molecule has 1 saturated heterocycles. The number of halogens is 2. The van der Waals surface area contributed by atoms with Crippen LogP contribution >= 0.6 is 11.6 Å². The van der Waals surface area contributed by atoms with Crippen molar-refractivity contribution in [1.29, 1.82) is 0 Å². The minimum absolute atomic E-state index is 0.252. The van der Waals surface area contributed by atoms with E-state index in [4.69, 9.17) is 27.1 Å². The molecular formula is C27H32ClFN6O. The Morgan fingerprint density at radius 1 is 1.06 bits per heavy atom. The molecule has 0 atom stereocenters. The summed E-state index contributed by atoms with van der Waals surface area (Å²) < 4.78 is 19.2. The van der Waals surface area contributed by atoms with Gasteiger partial charge in [-0.15, -0.1) is 0 Å². The molecule has 9 heteroatoms. The Labute approximate surface area is 216 Å². The largest absolute Gasteiger partial charge is 0.378 e. The number of rotatable bonds is 7. The van der Waals surface area contributed by atoms with Gasteiger partial charge in [0.15, 0.2) is 5.82 Å². The highest BCUT2D eigenvalue weighted by Gasteiger charge is 2.20. The molecule has 0 radical (unpaired) electrons. The third-order valence-corrected chi connectivity index (χ3v) is 7.14. The summed E-state index contributed by atoms with van der Waals surface area (Å²) in [6.07, 6.45) is 7.64. The number of pyridine rings is 2. The molecule has 0 amide bonds. The summed E-state index contributed by atoms with van der Waals surface area (Å²) >= 11 is 6.60. The molecule has 5 rings (SSSR count). The number of morpholine rings is 1. The molecular weight excluding hydrogens is 479 g/mol. The summed E-state index contributed by atoms with van der Waals surface area (Å²) in [7, 11) is 0. The van der Waals surface area contributed by atoms with Crippen molar-refractivity contribution in [3.8, 4) is 11.1 Å². The zero-order valence-corrected chi connectivity index (χ0v) is 21.0. The van der Waals surface area contributed by atoms with E-state index in [-0.39, 0.29) is 5.82 Å². The zero-order chi connectivity index (χ0) is 24.9. The number of hydrogen-bond acceptors (Lipinski definition) is 7. The van der Waals surface area contributed by atoms with E-state index in [1.54, 1.807) is 12.3 Å². The van der Waals surface area contributed by atoms with E-state index in [0.717, 1.165) is 72.8 Å². The van der Waals surface area contributed by atoms with Crippen molar-refractivity contribution in [3.63, 3.8) is 0 Å². The molecule has 3 heterocycles. The fourth-order valence-electron chi connectivity index (χ4n) is 4.82. The topological polar surface area (TPSA) is 88.3 Å². The van der Waals surface area contributed by atoms with Crippen molar-refractivity contribution in [3.05, 3.63) is 65.2 Å². The highest BCUT2D eigenvalue weighted by Crippen LogP contribution is 2.35. The van der Waals surface area contributed by atoms with Gasteiger partial charge in [-0.1, -0.05) is 23.7 Å². The molecule has 0 unspecified atom stereocenters. The fraction of sp³-hybridized carbons (Fsp3) is 0.407. The molecule has 0 spiro atoms. The number of ether oxygens (including phenoxy) is 1. The molecule has 2 fully saturated rings. The van der Waals surface area contributed by atoms with Crippen LogP contribution in [0.5, 0.6) is 0 Å². The number of hydrogen-bond donors (Lipinski definition) is 3. The molecule has 0 bridgehead atoms. The average Bonchev–Trinajstić information content (AvgIpc) is 2.90. The summed E-state index contributed by atoms with van der Waals surface area (Å²) in [5.74, 6) is 1.39. The monoisotopic (exact) mass is 510 g/mol. The summed E-state index contributed by atoms with van der Waals surface area (Å²) in [5, 5.41) is 7.58. The van der Waals surface area contributed by atoms with Crippen LogP contribution in [0.25, 0.3) is 11.1 Å². The van der Waals surface area contributed by atoms with E-state index in [9.17, 15) is 4.39 Å². The molecule has 3 aromatic rings. The average molecular weight is 511 g/mol. The van der Waals surface area contributed by atoms with E-state index in [2.05, 4.69) is 26.6 Å². The van der Waals surface area contributed by atoms with Gasteiger partial charge in [0.05, 0.1) is 23.9 Å². The number of nitrogens with two attached hydrogens (primary N) is 1. The summed E-state index contributed by atoms with van der Waals surface area (Å²) in [5.41, 5.74) is 9.52. The van der Waals surface area contributed by atoms with Gasteiger partial charge >= 0.3 is 0 Å². The lowest BCUT2D eigenvalue weighted by molar-refractivity contribution is 0.122. The molecule has 7 nitrogen and oxygen atoms in total. The Hall–Kier alpha value is -2.94. The van der Waals surface area contributed by atoms with Gasteiger partial charge in [-0.25, -0.2) is 14.4 Å². The normalized spacial score (nSPS) is 20.2. The van der Waals surface area contributed by atoms with Crippen LogP contribution in [0, 0.1) is 5.82 Å². The van der Waals surface area contributed by atoms with E-state index in [1.165, 1.54) is 12.1 Å². The molecule has 2 aliphatic rings. The predicted octanol–water partition coefficient (Wildman–Crippen LogP) is 5.07. The van der Waals surface area contributed by atoms with Crippen LogP contribution in [0.2, 0.25) is 5.02 Å². The van der Waals surface area contributed by atoms with Crippen molar-refractivity contribution in [2.75, 3.05) is 41.8 Å². The first kappa shape index (κ1) is 24.7. The number of aromatic nitrogens is 2. The lowest BCUT2D eigenvalue weighted by atomic mass is 9.92. The number of anilines is 3. The third-order valence-electron chi connectivity index (χ3n) is 6.84. The second-order valence-corrected chi connectivity index (χ2v) is 9.89. The van der Waals surface area contributed by atoms with E-state index in [0.29, 0.717) is 36.9 Å². The van der Waals surface area contributed by atoms with Gasteiger partial charge < -0.3 is 26.0 Å². The standard InChI is InChI=1S/C27H32ClFN6O/c28-24-17-32-26(34-22-6-4-21(30)5-7-22)14-23(24)19-13-25(31-15-18-2-1-3-20(29)12-18)27(33-16-19)35-8-10-36-11-9-35/h1-3,12-14,16-17,21-22,31H,4-11,15,30H2,(H,32,34)/t21-,22-. The minimum atomic E-state index is -0.252. The SMILES string of the molecule is N[C@H]1CC[C@H](Nc2cc(-c3cnc(N4CCOCC4)c(NCc4cccc(F)c4)c3)c(Cl)cn2)CC1. The highest BCUT2D eigenvalue weighted by molar-refractivity contribution is 6.33. The van der Waals surface area contributed by atoms with Crippen LogP contribution in [-0.4, -0.2) is 48.4 Å². The van der Waals surface area contributed by atoms with Gasteiger partial charge in [0, 0.05) is 55.2 Å². The van der Waals surface area contributed by atoms with Gasteiger partial charge in [0.25, 0.3) is 0 Å². The van der Waals surface area contributed by atoms with E-state index >= 15 is 0 Å². The molecule has 36 heavy (non-hydrogen) atoms. The molecule has 1 aliphatic carbocycles. The molecule has 4 N–H and O–H groups in total. The fourth-order valence-corrected chi connectivity index (χ4v) is 5.03. The van der Waals surface area contributed by atoms with Gasteiger partial charge in [-0.3, -0.25) is 0 Å². The van der Waals surface area contributed by atoms with Gasteiger partial charge in [-0.05, 0) is 55.5 Å². The Balaban J connectivity index is 1.42. The molecule has 2 aromatic heterocycles. The van der Waals surface area contributed by atoms with Crippen molar-refractivity contribution in [1.82, 2.24) is 9.97 Å². The first-order chi connectivity index (χ1) is 17.5. The Morgan fingerprint density at radius 2 is 1.86 bits per heavy atom. The second-order valence-electron chi connectivity index (χ2n) is 9.48. The maximum atomic E-state index is 13.7. The highest BCUT2D eigenvalue weighted by atomic mass is 35.5. The zero-order valence-electron chi connectivity index (χ0n) is 20.2. The number of benzene rings is 1. The smallest absolute Gasteiger partial charge is 0.152 e. The molecule has 1 saturated carbocycles. The molecule has 1 aromatic carbocycles. The van der Waals surface area contributed by atoms with E-state index in [1.807, 2.05) is 18.3 Å². The summed E-state index contributed by atoms with van der Waals surface area (Å²) in [6.45, 7) is 3.31. The molecule has 190 valence electrons. The van der Waals surface area contributed by atoms with Crippen molar-refractivity contribution in [2.45, 2.75) is 44.3 Å². The van der Waals surface area contributed by atoms with Crippen molar-refractivity contribution in [2.24, 2.45) is 5.73 Å². The van der Waals surface area contributed by atoms with Crippen LogP contribution in [0.4, 0.5) is 21.7 Å². The number of nitrogens with zero attached hydrogens (tertiary/aromatic N) is 3. The Kier molecular flexibility index (Phi) is 7.84. The van der Waals surface area contributed by atoms with Crippen LogP contribution < -0.4 is 21.3 Å². The van der Waals surface area contributed by atoms with Crippen LogP contribution in [0.1, 0.15) is 31.2 Å². The lowest BCUT2D eigenvalue weighted by Crippen LogP contribution is -2.37. The summed E-state index contributed by atoms with van der Waals surface area (Å²) in [6, 6.07) is 11.3. The second kappa shape index (κ2) is 11.4. The first-order valence-electron chi connectivity index (χ1n) is 12.5. The van der Waals surface area contributed by atoms with Crippen molar-refractivity contribution >= 4 is 28.9 Å². The number of nitrogens with one attached hydrogen (secondary N) is 2. The maximum Gasteiger partial charge on any atom is 0.152 e.